The molecular weight excluding hydrogens is 456 g/mol. The van der Waals surface area contributed by atoms with Gasteiger partial charge < -0.3 is 14.6 Å². The Morgan fingerprint density at radius 2 is 1.88 bits per heavy atom. The van der Waals surface area contributed by atoms with Crippen LogP contribution in [0.2, 0.25) is 0 Å². The second kappa shape index (κ2) is 10.4. The summed E-state index contributed by atoms with van der Waals surface area (Å²) in [6.45, 7) is 4.41. The molecule has 0 unspecified atom stereocenters. The summed E-state index contributed by atoms with van der Waals surface area (Å²) in [7, 11) is 0. The van der Waals surface area contributed by atoms with Crippen LogP contribution in [0.4, 0.5) is 0 Å². The number of nitrogens with zero attached hydrogens (tertiary/aromatic N) is 4. The second-order valence-corrected chi connectivity index (χ2v) is 8.11. The summed E-state index contributed by atoms with van der Waals surface area (Å²) in [5.74, 6) is -1.26. The zero-order chi connectivity index (χ0) is 24.1. The minimum Gasteiger partial charge on any atom is -0.478 e. The van der Waals surface area contributed by atoms with Gasteiger partial charge in [0, 0.05) is 6.42 Å². The van der Waals surface area contributed by atoms with Gasteiger partial charge in [0.1, 0.15) is 11.0 Å². The topological polar surface area (TPSA) is 116 Å². The Hall–Kier alpha value is -3.79. The number of carboxylic acid groups (broad SMARTS) is 1. The Balaban J connectivity index is 1.81. The van der Waals surface area contributed by atoms with E-state index in [-0.39, 0.29) is 24.4 Å². The molecule has 4 rings (SSSR count). The van der Waals surface area contributed by atoms with E-state index in [1.165, 1.54) is 10.7 Å². The summed E-state index contributed by atoms with van der Waals surface area (Å²) in [5.41, 5.74) is 3.99. The highest BCUT2D eigenvalue weighted by atomic mass is 32.1. The molecule has 0 aliphatic heterocycles. The van der Waals surface area contributed by atoms with Crippen LogP contribution in [0.25, 0.3) is 11.0 Å². The molecular formula is C24H24N4O5S. The number of esters is 1. The van der Waals surface area contributed by atoms with Crippen molar-refractivity contribution < 1.29 is 24.2 Å². The van der Waals surface area contributed by atoms with Crippen molar-refractivity contribution in [3.8, 4) is 5.88 Å². The highest BCUT2D eigenvalue weighted by Crippen LogP contribution is 2.28. The van der Waals surface area contributed by atoms with Crippen LogP contribution in [0.5, 0.6) is 5.88 Å². The number of ether oxygens (including phenoxy) is 2. The fraction of sp³-hybridized carbons (Fsp3) is 0.292. The maximum atomic E-state index is 13.1. The number of hydrogen-bond donors (Lipinski definition) is 1. The van der Waals surface area contributed by atoms with Crippen molar-refractivity contribution in [1.82, 2.24) is 18.5 Å². The van der Waals surface area contributed by atoms with Crippen LogP contribution in [0.1, 0.15) is 57.8 Å². The summed E-state index contributed by atoms with van der Waals surface area (Å²) < 4.78 is 21.3. The molecule has 0 spiro atoms. The minimum atomic E-state index is -1.05. The standard InChI is InChI=1S/C24H24N4O5S/c1-3-11-33-22-18(12-15-9-10-19-20(13-15)27-34-26-19)21(24(31)32-4-2)28(25-22)14-16-7-5-6-8-17(16)23(29)30/h5-10,13H,3-4,11-12,14H2,1-2H3,(H,29,30). The van der Waals surface area contributed by atoms with Crippen LogP contribution < -0.4 is 4.74 Å². The fourth-order valence-electron chi connectivity index (χ4n) is 3.66. The van der Waals surface area contributed by atoms with Gasteiger partial charge in [-0.2, -0.15) is 8.75 Å². The van der Waals surface area contributed by atoms with Crippen molar-refractivity contribution in [2.45, 2.75) is 33.2 Å². The molecule has 0 aliphatic rings. The number of hydrogen-bond acceptors (Lipinski definition) is 8. The van der Waals surface area contributed by atoms with E-state index in [9.17, 15) is 14.7 Å². The maximum Gasteiger partial charge on any atom is 0.357 e. The highest BCUT2D eigenvalue weighted by Gasteiger charge is 2.27. The van der Waals surface area contributed by atoms with Gasteiger partial charge in [-0.3, -0.25) is 0 Å². The van der Waals surface area contributed by atoms with E-state index in [2.05, 4.69) is 13.8 Å². The molecule has 0 atom stereocenters. The summed E-state index contributed by atoms with van der Waals surface area (Å²) in [6, 6.07) is 12.4. The Labute approximate surface area is 200 Å². The van der Waals surface area contributed by atoms with Crippen molar-refractivity contribution in [3.05, 3.63) is 70.4 Å². The van der Waals surface area contributed by atoms with E-state index in [1.807, 2.05) is 25.1 Å². The van der Waals surface area contributed by atoms with Gasteiger partial charge in [-0.25, -0.2) is 14.3 Å². The lowest BCUT2D eigenvalue weighted by Crippen LogP contribution is -2.17. The first-order chi connectivity index (χ1) is 16.5. The largest absolute Gasteiger partial charge is 0.478 e. The third-order valence-electron chi connectivity index (χ3n) is 5.19. The minimum absolute atomic E-state index is 0.0775. The highest BCUT2D eigenvalue weighted by molar-refractivity contribution is 7.00. The lowest BCUT2D eigenvalue weighted by molar-refractivity contribution is 0.0511. The molecule has 0 saturated carbocycles. The van der Waals surface area contributed by atoms with Gasteiger partial charge in [-0.05, 0) is 42.7 Å². The van der Waals surface area contributed by atoms with Gasteiger partial charge >= 0.3 is 11.9 Å². The fourth-order valence-corrected chi connectivity index (χ4v) is 4.18. The molecule has 0 bridgehead atoms. The van der Waals surface area contributed by atoms with Crippen LogP contribution in [-0.4, -0.2) is 48.8 Å². The molecule has 1 N–H and O–H groups in total. The number of aromatic carboxylic acids is 1. The van der Waals surface area contributed by atoms with Gasteiger partial charge in [-0.15, -0.1) is 5.10 Å². The normalized spacial score (nSPS) is 11.0. The van der Waals surface area contributed by atoms with Gasteiger partial charge in [0.05, 0.1) is 42.6 Å². The zero-order valence-corrected chi connectivity index (χ0v) is 19.7. The molecule has 2 aromatic heterocycles. The van der Waals surface area contributed by atoms with Crippen molar-refractivity contribution >= 4 is 34.7 Å². The van der Waals surface area contributed by atoms with Gasteiger partial charge in [0.15, 0.2) is 5.69 Å². The maximum absolute atomic E-state index is 13.1. The van der Waals surface area contributed by atoms with Crippen LogP contribution in [-0.2, 0) is 17.7 Å². The first-order valence-corrected chi connectivity index (χ1v) is 11.7. The predicted octanol–water partition coefficient (Wildman–Crippen LogP) is 4.19. The number of rotatable bonds is 10. The van der Waals surface area contributed by atoms with Crippen LogP contribution in [0, 0.1) is 0 Å². The third kappa shape index (κ3) is 4.91. The van der Waals surface area contributed by atoms with E-state index < -0.39 is 11.9 Å². The molecule has 2 heterocycles. The van der Waals surface area contributed by atoms with Gasteiger partial charge in [-0.1, -0.05) is 31.2 Å². The molecule has 0 radical (unpaired) electrons. The molecule has 0 saturated heterocycles. The molecule has 2 aromatic carbocycles. The molecule has 0 amide bonds. The summed E-state index contributed by atoms with van der Waals surface area (Å²) in [4.78, 5) is 24.8. The molecule has 4 aromatic rings. The predicted molar refractivity (Wildman–Crippen MR) is 127 cm³/mol. The van der Waals surface area contributed by atoms with E-state index in [0.29, 0.717) is 30.0 Å². The third-order valence-corrected chi connectivity index (χ3v) is 5.75. The number of fused-ring (bicyclic) bond motifs is 1. The SMILES string of the molecule is CCCOc1nn(Cc2ccccc2C(=O)O)c(C(=O)OCC)c1Cc1ccc2nsnc2c1. The number of benzene rings is 2. The quantitative estimate of drug-likeness (QED) is 0.336. The Bertz CT molecular complexity index is 1330. The Morgan fingerprint density at radius 1 is 1.09 bits per heavy atom. The molecule has 176 valence electrons. The van der Waals surface area contributed by atoms with Crippen LogP contribution in [0.15, 0.2) is 42.5 Å². The number of carbonyl (C=O) groups is 2. The monoisotopic (exact) mass is 480 g/mol. The molecule has 0 fully saturated rings. The molecule has 10 heteroatoms. The number of aromatic nitrogens is 4. The van der Waals surface area contributed by atoms with E-state index in [4.69, 9.17) is 9.47 Å². The van der Waals surface area contributed by atoms with Crippen molar-refractivity contribution in [2.24, 2.45) is 0 Å². The average molecular weight is 481 g/mol. The number of carboxylic acids is 1. The smallest absolute Gasteiger partial charge is 0.357 e. The van der Waals surface area contributed by atoms with Gasteiger partial charge in [0.2, 0.25) is 5.88 Å². The Kier molecular flexibility index (Phi) is 7.17. The first-order valence-electron chi connectivity index (χ1n) is 10.9. The lowest BCUT2D eigenvalue weighted by Gasteiger charge is -2.11. The van der Waals surface area contributed by atoms with Crippen molar-refractivity contribution in [3.63, 3.8) is 0 Å². The Morgan fingerprint density at radius 3 is 2.65 bits per heavy atom. The molecule has 9 nitrogen and oxygen atoms in total. The van der Waals surface area contributed by atoms with E-state index in [1.54, 1.807) is 25.1 Å². The van der Waals surface area contributed by atoms with Crippen molar-refractivity contribution in [2.75, 3.05) is 13.2 Å². The average Bonchev–Trinajstić information content (AvgIpc) is 3.42. The number of carbonyl (C=O) groups excluding carboxylic acids is 1. The zero-order valence-electron chi connectivity index (χ0n) is 18.9. The van der Waals surface area contributed by atoms with Crippen LogP contribution >= 0.6 is 11.7 Å². The molecule has 0 aliphatic carbocycles. The van der Waals surface area contributed by atoms with Gasteiger partial charge in [0.25, 0.3) is 0 Å². The van der Waals surface area contributed by atoms with E-state index in [0.717, 1.165) is 34.7 Å². The van der Waals surface area contributed by atoms with E-state index >= 15 is 0 Å². The summed E-state index contributed by atoms with van der Waals surface area (Å²) in [6.07, 6.45) is 1.13. The lowest BCUT2D eigenvalue weighted by atomic mass is 10.0. The molecule has 34 heavy (non-hydrogen) atoms. The van der Waals surface area contributed by atoms with Crippen molar-refractivity contribution in [1.29, 1.82) is 0 Å². The first kappa shape index (κ1) is 23.4. The second-order valence-electron chi connectivity index (χ2n) is 7.59. The summed E-state index contributed by atoms with van der Waals surface area (Å²) >= 11 is 1.14. The van der Waals surface area contributed by atoms with Crippen LogP contribution in [0.3, 0.4) is 0 Å². The summed E-state index contributed by atoms with van der Waals surface area (Å²) in [5, 5.41) is 14.2.